The number of hydrogen-bond donors (Lipinski definition) is 3. The Morgan fingerprint density at radius 1 is 1.32 bits per heavy atom. The summed E-state index contributed by atoms with van der Waals surface area (Å²) in [6.45, 7) is 4.50. The molecule has 0 spiro atoms. The van der Waals surface area contributed by atoms with Crippen LogP contribution in [0.2, 0.25) is 0 Å². The molecule has 19 heavy (non-hydrogen) atoms. The molecular weight excluding hydrogens is 250 g/mol. The van der Waals surface area contributed by atoms with Crippen LogP contribution in [0.4, 0.5) is 4.79 Å². The van der Waals surface area contributed by atoms with E-state index in [0.717, 1.165) is 45.7 Å². The van der Waals surface area contributed by atoms with Gasteiger partial charge >= 0.3 is 12.0 Å². The number of nitrogens with one attached hydrogen (secondary N) is 2. The fraction of sp³-hybridized carbons (Fsp3) is 0.833. The lowest BCUT2D eigenvalue weighted by Gasteiger charge is -2.26. The topological polar surface area (TPSA) is 90.9 Å². The first-order chi connectivity index (χ1) is 9.16. The van der Waals surface area contributed by atoms with Gasteiger partial charge in [0.2, 0.25) is 0 Å². The van der Waals surface area contributed by atoms with Crippen molar-refractivity contribution in [3.05, 3.63) is 0 Å². The number of nitrogens with zero attached hydrogens (tertiary/aromatic N) is 1. The molecule has 2 aliphatic rings. The highest BCUT2D eigenvalue weighted by Gasteiger charge is 2.37. The summed E-state index contributed by atoms with van der Waals surface area (Å²) in [5, 5.41) is 14.2. The molecule has 2 fully saturated rings. The first-order valence-electron chi connectivity index (χ1n) is 6.74. The average molecular weight is 271 g/mol. The molecule has 7 heteroatoms. The number of rotatable bonds is 6. The standard InChI is InChI=1S/C12H21N3O4/c16-11(17)10(9-1-2-9)14-12(18)13-3-4-15-5-7-19-8-6-15/h9-10H,1-8H2,(H,16,17)(H2,13,14,18). The van der Waals surface area contributed by atoms with Crippen LogP contribution in [0.3, 0.4) is 0 Å². The van der Waals surface area contributed by atoms with E-state index < -0.39 is 18.0 Å². The maximum atomic E-state index is 11.6. The zero-order chi connectivity index (χ0) is 13.7. The molecule has 1 unspecified atom stereocenters. The van der Waals surface area contributed by atoms with E-state index in [4.69, 9.17) is 9.84 Å². The highest BCUT2D eigenvalue weighted by atomic mass is 16.5. The van der Waals surface area contributed by atoms with Crippen LogP contribution in [-0.4, -0.2) is 67.4 Å². The molecule has 1 saturated carbocycles. The van der Waals surface area contributed by atoms with Gasteiger partial charge in [0.15, 0.2) is 0 Å². The summed E-state index contributed by atoms with van der Waals surface area (Å²) in [6, 6.07) is -1.14. The smallest absolute Gasteiger partial charge is 0.326 e. The summed E-state index contributed by atoms with van der Waals surface area (Å²) >= 11 is 0. The van der Waals surface area contributed by atoms with Crippen molar-refractivity contribution in [3.63, 3.8) is 0 Å². The van der Waals surface area contributed by atoms with Crippen molar-refractivity contribution in [1.29, 1.82) is 0 Å². The lowest BCUT2D eigenvalue weighted by Crippen LogP contribution is -2.49. The summed E-state index contributed by atoms with van der Waals surface area (Å²) < 4.78 is 5.23. The van der Waals surface area contributed by atoms with Gasteiger partial charge in [-0.05, 0) is 18.8 Å². The largest absolute Gasteiger partial charge is 0.480 e. The molecule has 1 atom stereocenters. The third-order valence-electron chi connectivity index (χ3n) is 3.46. The van der Waals surface area contributed by atoms with Gasteiger partial charge in [0.05, 0.1) is 13.2 Å². The molecule has 0 aromatic carbocycles. The number of morpholine rings is 1. The molecule has 0 aromatic rings. The summed E-state index contributed by atoms with van der Waals surface area (Å²) in [7, 11) is 0. The van der Waals surface area contributed by atoms with Crippen LogP contribution in [0.25, 0.3) is 0 Å². The number of amides is 2. The third-order valence-corrected chi connectivity index (χ3v) is 3.46. The van der Waals surface area contributed by atoms with E-state index in [1.165, 1.54) is 0 Å². The van der Waals surface area contributed by atoms with Gasteiger partial charge < -0.3 is 20.5 Å². The van der Waals surface area contributed by atoms with Crippen LogP contribution in [-0.2, 0) is 9.53 Å². The SMILES string of the molecule is O=C(NCCN1CCOCC1)NC(C(=O)O)C1CC1. The first kappa shape index (κ1) is 14.1. The van der Waals surface area contributed by atoms with Crippen molar-refractivity contribution in [2.24, 2.45) is 5.92 Å². The van der Waals surface area contributed by atoms with Gasteiger partial charge in [-0.15, -0.1) is 0 Å². The highest BCUT2D eigenvalue weighted by molar-refractivity contribution is 5.83. The Morgan fingerprint density at radius 2 is 2.00 bits per heavy atom. The van der Waals surface area contributed by atoms with Gasteiger partial charge in [-0.3, -0.25) is 4.90 Å². The van der Waals surface area contributed by atoms with Crippen molar-refractivity contribution in [1.82, 2.24) is 15.5 Å². The van der Waals surface area contributed by atoms with Crippen LogP contribution in [0.5, 0.6) is 0 Å². The molecule has 0 aromatic heterocycles. The first-order valence-corrected chi connectivity index (χ1v) is 6.74. The van der Waals surface area contributed by atoms with Crippen LogP contribution in [0.1, 0.15) is 12.8 Å². The summed E-state index contributed by atoms with van der Waals surface area (Å²) in [4.78, 5) is 24.8. The molecule has 1 aliphatic heterocycles. The number of carboxylic acids is 1. The van der Waals surface area contributed by atoms with Crippen molar-refractivity contribution < 1.29 is 19.4 Å². The zero-order valence-electron chi connectivity index (χ0n) is 10.9. The molecule has 108 valence electrons. The maximum absolute atomic E-state index is 11.6. The molecule has 1 aliphatic carbocycles. The van der Waals surface area contributed by atoms with Crippen LogP contribution in [0.15, 0.2) is 0 Å². The van der Waals surface area contributed by atoms with E-state index in [-0.39, 0.29) is 5.92 Å². The van der Waals surface area contributed by atoms with Crippen molar-refractivity contribution in [3.8, 4) is 0 Å². The number of carbonyl (C=O) groups excluding carboxylic acids is 1. The second-order valence-electron chi connectivity index (χ2n) is 5.01. The Balaban J connectivity index is 1.62. The van der Waals surface area contributed by atoms with Crippen molar-refractivity contribution >= 4 is 12.0 Å². The quantitative estimate of drug-likeness (QED) is 0.605. The average Bonchev–Trinajstić information content (AvgIpc) is 3.21. The Hall–Kier alpha value is -1.34. The molecule has 0 radical (unpaired) electrons. The Kier molecular flexibility index (Phi) is 4.98. The fourth-order valence-electron chi connectivity index (χ4n) is 2.16. The lowest BCUT2D eigenvalue weighted by molar-refractivity contribution is -0.139. The summed E-state index contributed by atoms with van der Waals surface area (Å²) in [5.41, 5.74) is 0. The normalized spacial score (nSPS) is 21.7. The van der Waals surface area contributed by atoms with Crippen LogP contribution in [0, 0.1) is 5.92 Å². The number of hydrogen-bond acceptors (Lipinski definition) is 4. The Bertz CT molecular complexity index is 327. The minimum atomic E-state index is -0.953. The predicted molar refractivity (Wildman–Crippen MR) is 67.9 cm³/mol. The maximum Gasteiger partial charge on any atom is 0.326 e. The molecule has 7 nitrogen and oxygen atoms in total. The molecule has 1 heterocycles. The highest BCUT2D eigenvalue weighted by Crippen LogP contribution is 2.32. The Morgan fingerprint density at radius 3 is 2.58 bits per heavy atom. The third kappa shape index (κ3) is 4.68. The molecule has 3 N–H and O–H groups in total. The molecule has 1 saturated heterocycles. The number of carboxylic acid groups (broad SMARTS) is 1. The monoisotopic (exact) mass is 271 g/mol. The second-order valence-corrected chi connectivity index (χ2v) is 5.01. The molecular formula is C12H21N3O4. The van der Waals surface area contributed by atoms with E-state index in [0.29, 0.717) is 6.54 Å². The number of carbonyl (C=O) groups is 2. The van der Waals surface area contributed by atoms with Crippen molar-refractivity contribution in [2.45, 2.75) is 18.9 Å². The van der Waals surface area contributed by atoms with Crippen LogP contribution < -0.4 is 10.6 Å². The fourth-order valence-corrected chi connectivity index (χ4v) is 2.16. The van der Waals surface area contributed by atoms with E-state index in [1.807, 2.05) is 0 Å². The second kappa shape index (κ2) is 6.72. The van der Waals surface area contributed by atoms with Gasteiger partial charge in [0.25, 0.3) is 0 Å². The van der Waals surface area contributed by atoms with E-state index in [9.17, 15) is 9.59 Å². The van der Waals surface area contributed by atoms with E-state index in [1.54, 1.807) is 0 Å². The predicted octanol–water partition coefficient (Wildman–Crippen LogP) is -0.519. The molecule has 2 rings (SSSR count). The molecule has 2 amide bonds. The molecule has 0 bridgehead atoms. The zero-order valence-corrected chi connectivity index (χ0v) is 10.9. The minimum Gasteiger partial charge on any atom is -0.480 e. The summed E-state index contributed by atoms with van der Waals surface area (Å²) in [5.74, 6) is -0.853. The minimum absolute atomic E-state index is 0.0995. The van der Waals surface area contributed by atoms with Crippen molar-refractivity contribution in [2.75, 3.05) is 39.4 Å². The van der Waals surface area contributed by atoms with Gasteiger partial charge in [0, 0.05) is 26.2 Å². The number of aliphatic carboxylic acids is 1. The Labute approximate surface area is 112 Å². The van der Waals surface area contributed by atoms with Gasteiger partial charge in [-0.2, -0.15) is 0 Å². The van der Waals surface area contributed by atoms with Gasteiger partial charge in [-0.1, -0.05) is 0 Å². The van der Waals surface area contributed by atoms with E-state index >= 15 is 0 Å². The summed E-state index contributed by atoms with van der Waals surface area (Å²) in [6.07, 6.45) is 1.76. The van der Waals surface area contributed by atoms with Gasteiger partial charge in [-0.25, -0.2) is 9.59 Å². The van der Waals surface area contributed by atoms with E-state index in [2.05, 4.69) is 15.5 Å². The van der Waals surface area contributed by atoms with Gasteiger partial charge in [0.1, 0.15) is 6.04 Å². The van der Waals surface area contributed by atoms with Crippen LogP contribution >= 0.6 is 0 Å². The number of urea groups is 1. The lowest BCUT2D eigenvalue weighted by atomic mass is 10.2. The number of ether oxygens (including phenoxy) is 1.